The number of fused-ring (bicyclic) bond motifs is 1. The van der Waals surface area contributed by atoms with E-state index in [1.165, 1.54) is 25.4 Å². The molecule has 0 saturated heterocycles. The highest BCUT2D eigenvalue weighted by molar-refractivity contribution is 5.95. The number of pyridine rings is 2. The van der Waals surface area contributed by atoms with Crippen molar-refractivity contribution >= 4 is 22.9 Å². The van der Waals surface area contributed by atoms with Crippen LogP contribution >= 0.6 is 0 Å². The normalized spacial score (nSPS) is 25.6. The minimum Gasteiger partial charge on any atom is -0.464 e. The van der Waals surface area contributed by atoms with Crippen molar-refractivity contribution in [3.05, 3.63) is 105 Å². The number of halogens is 1. The summed E-state index contributed by atoms with van der Waals surface area (Å²) >= 11 is 0. The molecule has 4 aliphatic carbocycles. The molecule has 220 valence electrons. The zero-order chi connectivity index (χ0) is 29.9. The van der Waals surface area contributed by atoms with Gasteiger partial charge in [0, 0.05) is 35.5 Å². The zero-order valence-corrected chi connectivity index (χ0v) is 23.8. The molecule has 4 saturated carbocycles. The van der Waals surface area contributed by atoms with Crippen LogP contribution in [0.1, 0.15) is 64.1 Å². The van der Waals surface area contributed by atoms with Crippen LogP contribution in [0.5, 0.6) is 0 Å². The topological polar surface area (TPSA) is 111 Å². The number of esters is 1. The SMILES string of the molecule is COC(=O)c1c(Cc2ccc(C(=O)N[C@H]3[C@@H]4C[C@H]5C[C@H]3C[C@](O)(C5)C4)cc2F)c(=O)c2cccnc2n1-c1ccccc1. The number of carbonyl (C=O) groups excluding carboxylic acids is 2. The summed E-state index contributed by atoms with van der Waals surface area (Å²) in [4.78, 5) is 44.6. The van der Waals surface area contributed by atoms with E-state index < -0.39 is 22.8 Å². The average molecular weight is 582 g/mol. The smallest absolute Gasteiger partial charge is 0.355 e. The number of benzene rings is 2. The quantitative estimate of drug-likeness (QED) is 0.323. The second-order valence-electron chi connectivity index (χ2n) is 12.4. The molecule has 2 aromatic carbocycles. The Morgan fingerprint density at radius 3 is 2.49 bits per heavy atom. The fourth-order valence-electron chi connectivity index (χ4n) is 8.04. The molecule has 0 aliphatic heterocycles. The molecule has 0 radical (unpaired) electrons. The lowest BCUT2D eigenvalue weighted by atomic mass is 9.52. The third-order valence-corrected chi connectivity index (χ3v) is 9.64. The predicted molar refractivity (Wildman–Crippen MR) is 158 cm³/mol. The Morgan fingerprint density at radius 2 is 1.81 bits per heavy atom. The Kier molecular flexibility index (Phi) is 6.65. The molecule has 5 atom stereocenters. The number of hydrogen-bond donors (Lipinski definition) is 2. The fraction of sp³-hybridized carbons (Fsp3) is 0.353. The molecule has 4 aromatic rings. The van der Waals surface area contributed by atoms with Crippen LogP contribution in [0.3, 0.4) is 0 Å². The maximum atomic E-state index is 15.6. The summed E-state index contributed by atoms with van der Waals surface area (Å²) in [6.45, 7) is 0. The number of amides is 1. The third kappa shape index (κ3) is 4.72. The standard InChI is InChI=1S/C34H32FN3O5/c1-43-33(41)29-26(30(39)25-8-5-11-36-31(25)38(29)24-6-3-2-4-7-24)14-20-9-10-21(15-27(20)35)32(40)37-28-22-12-19-13-23(28)18-34(42,16-19)17-22/h2-11,15,19,22-23,28,42H,12-14,16-18H2,1H3,(H,37,40)/t19-,22+,23-,28-,34-. The van der Waals surface area contributed by atoms with Crippen molar-refractivity contribution in [1.82, 2.24) is 14.9 Å². The maximum absolute atomic E-state index is 15.6. The van der Waals surface area contributed by atoms with Crippen LogP contribution < -0.4 is 10.7 Å². The lowest BCUT2D eigenvalue weighted by molar-refractivity contribution is -0.136. The van der Waals surface area contributed by atoms with Crippen molar-refractivity contribution in [2.24, 2.45) is 17.8 Å². The van der Waals surface area contributed by atoms with Gasteiger partial charge in [-0.05, 0) is 91.8 Å². The van der Waals surface area contributed by atoms with Gasteiger partial charge in [-0.15, -0.1) is 0 Å². The molecule has 43 heavy (non-hydrogen) atoms. The highest BCUT2D eigenvalue weighted by Gasteiger charge is 2.55. The minimum absolute atomic E-state index is 0.0302. The molecular formula is C34H32FN3O5. The second-order valence-corrected chi connectivity index (χ2v) is 12.4. The van der Waals surface area contributed by atoms with Crippen LogP contribution in [0.2, 0.25) is 0 Å². The van der Waals surface area contributed by atoms with Gasteiger partial charge in [-0.25, -0.2) is 14.2 Å². The summed E-state index contributed by atoms with van der Waals surface area (Å²) in [5, 5.41) is 14.3. The number of para-hydroxylation sites is 1. The molecule has 4 aliphatic rings. The number of rotatable bonds is 6. The molecule has 8 nitrogen and oxygen atoms in total. The Morgan fingerprint density at radius 1 is 1.07 bits per heavy atom. The van der Waals surface area contributed by atoms with Crippen LogP contribution in [0.4, 0.5) is 4.39 Å². The Labute approximate surface area is 247 Å². The van der Waals surface area contributed by atoms with Crippen LogP contribution in [0.15, 0.2) is 71.7 Å². The largest absolute Gasteiger partial charge is 0.464 e. The van der Waals surface area contributed by atoms with Gasteiger partial charge in [0.25, 0.3) is 5.91 Å². The van der Waals surface area contributed by atoms with E-state index in [0.717, 1.165) is 19.3 Å². The first-order valence-corrected chi connectivity index (χ1v) is 14.7. The molecular weight excluding hydrogens is 549 g/mol. The number of nitrogens with zero attached hydrogens (tertiary/aromatic N) is 2. The molecule has 2 aromatic heterocycles. The average Bonchev–Trinajstić information content (AvgIpc) is 3.00. The Balaban J connectivity index is 1.23. The summed E-state index contributed by atoms with van der Waals surface area (Å²) in [5.41, 5.74) is 0.218. The number of aliphatic hydroxyl groups is 1. The van der Waals surface area contributed by atoms with E-state index in [2.05, 4.69) is 10.3 Å². The highest BCUT2D eigenvalue weighted by Crippen LogP contribution is 2.55. The molecule has 0 spiro atoms. The summed E-state index contributed by atoms with van der Waals surface area (Å²) in [6.07, 6.45) is 5.60. The maximum Gasteiger partial charge on any atom is 0.355 e. The summed E-state index contributed by atoms with van der Waals surface area (Å²) in [6, 6.07) is 16.5. The van der Waals surface area contributed by atoms with E-state index in [4.69, 9.17) is 4.74 Å². The van der Waals surface area contributed by atoms with Crippen molar-refractivity contribution in [2.75, 3.05) is 7.11 Å². The van der Waals surface area contributed by atoms with Gasteiger partial charge in [-0.2, -0.15) is 0 Å². The van der Waals surface area contributed by atoms with Crippen LogP contribution in [-0.2, 0) is 11.2 Å². The number of methoxy groups -OCH3 is 1. The van der Waals surface area contributed by atoms with Crippen molar-refractivity contribution < 1.29 is 23.8 Å². The Hall–Kier alpha value is -4.37. The molecule has 4 bridgehead atoms. The van der Waals surface area contributed by atoms with Crippen LogP contribution in [0, 0.1) is 23.6 Å². The van der Waals surface area contributed by atoms with E-state index in [-0.39, 0.29) is 63.6 Å². The first kappa shape index (κ1) is 27.5. The van der Waals surface area contributed by atoms with Crippen LogP contribution in [0.25, 0.3) is 16.7 Å². The Bertz CT molecular complexity index is 1800. The lowest BCUT2D eigenvalue weighted by Gasteiger charge is -2.58. The molecule has 8 rings (SSSR count). The van der Waals surface area contributed by atoms with Crippen molar-refractivity contribution in [3.63, 3.8) is 0 Å². The van der Waals surface area contributed by atoms with Gasteiger partial charge in [0.15, 0.2) is 5.43 Å². The van der Waals surface area contributed by atoms with Gasteiger partial charge < -0.3 is 15.2 Å². The number of hydrogen-bond acceptors (Lipinski definition) is 6. The predicted octanol–water partition coefficient (Wildman–Crippen LogP) is 4.57. The number of ether oxygens (including phenoxy) is 1. The van der Waals surface area contributed by atoms with Gasteiger partial charge in [0.2, 0.25) is 0 Å². The molecule has 9 heteroatoms. The third-order valence-electron chi connectivity index (χ3n) is 9.64. The van der Waals surface area contributed by atoms with Gasteiger partial charge in [0.05, 0.1) is 18.1 Å². The van der Waals surface area contributed by atoms with E-state index >= 15 is 4.39 Å². The summed E-state index contributed by atoms with van der Waals surface area (Å²) in [5.74, 6) is -0.779. The summed E-state index contributed by atoms with van der Waals surface area (Å²) < 4.78 is 22.3. The highest BCUT2D eigenvalue weighted by atomic mass is 19.1. The fourth-order valence-corrected chi connectivity index (χ4v) is 8.04. The summed E-state index contributed by atoms with van der Waals surface area (Å²) in [7, 11) is 1.23. The minimum atomic E-state index is -0.750. The lowest BCUT2D eigenvalue weighted by Crippen LogP contribution is -2.61. The monoisotopic (exact) mass is 581 g/mol. The van der Waals surface area contributed by atoms with Crippen molar-refractivity contribution in [2.45, 2.75) is 50.2 Å². The molecule has 0 unspecified atom stereocenters. The first-order chi connectivity index (χ1) is 20.7. The van der Waals surface area contributed by atoms with Crippen LogP contribution in [-0.4, -0.2) is 45.3 Å². The first-order valence-electron chi connectivity index (χ1n) is 14.7. The second kappa shape index (κ2) is 10.4. The molecule has 2 heterocycles. The van der Waals surface area contributed by atoms with Gasteiger partial charge in [-0.3, -0.25) is 14.2 Å². The zero-order valence-electron chi connectivity index (χ0n) is 23.8. The van der Waals surface area contributed by atoms with Gasteiger partial charge in [-0.1, -0.05) is 24.3 Å². The van der Waals surface area contributed by atoms with E-state index in [1.807, 2.05) is 6.07 Å². The molecule has 4 fully saturated rings. The van der Waals surface area contributed by atoms with E-state index in [9.17, 15) is 19.5 Å². The number of nitrogens with one attached hydrogen (secondary N) is 1. The van der Waals surface area contributed by atoms with Crippen molar-refractivity contribution in [3.8, 4) is 5.69 Å². The van der Waals surface area contributed by atoms with Gasteiger partial charge in [0.1, 0.15) is 17.2 Å². The number of aromatic nitrogens is 2. The van der Waals surface area contributed by atoms with E-state index in [0.29, 0.717) is 24.4 Å². The van der Waals surface area contributed by atoms with Crippen molar-refractivity contribution in [1.29, 1.82) is 0 Å². The number of carbonyl (C=O) groups is 2. The van der Waals surface area contributed by atoms with Gasteiger partial charge >= 0.3 is 5.97 Å². The molecule has 2 N–H and O–H groups in total. The van der Waals surface area contributed by atoms with E-state index in [1.54, 1.807) is 47.0 Å². The molecule has 1 amide bonds.